The number of benzene rings is 2. The van der Waals surface area contributed by atoms with Crippen molar-refractivity contribution in [1.82, 2.24) is 19.9 Å². The number of carbonyl (C=O) groups excluding carboxylic acids is 1. The van der Waals surface area contributed by atoms with Gasteiger partial charge in [0, 0.05) is 36.5 Å². The third kappa shape index (κ3) is 7.41. The molecule has 0 radical (unpaired) electrons. The molecule has 0 aliphatic carbocycles. The summed E-state index contributed by atoms with van der Waals surface area (Å²) in [7, 11) is -2.11. The molecule has 0 bridgehead atoms. The molecule has 1 aromatic heterocycles. The molecule has 1 aliphatic rings. The number of halogens is 1. The maximum absolute atomic E-state index is 15.0. The first-order valence-corrected chi connectivity index (χ1v) is 14.8. The molecular weight excluding hydrogens is 567 g/mol. The molecule has 42 heavy (non-hydrogen) atoms. The van der Waals surface area contributed by atoms with Gasteiger partial charge in [0.25, 0.3) is 0 Å². The number of nitrogens with one attached hydrogen (secondary N) is 1. The van der Waals surface area contributed by atoms with E-state index in [-0.39, 0.29) is 53.2 Å². The van der Waals surface area contributed by atoms with E-state index < -0.39 is 33.8 Å². The van der Waals surface area contributed by atoms with Gasteiger partial charge in [-0.3, -0.25) is 0 Å². The highest BCUT2D eigenvalue weighted by Crippen LogP contribution is 2.30. The molecule has 12 nitrogen and oxygen atoms in total. The van der Waals surface area contributed by atoms with E-state index >= 15 is 0 Å². The lowest BCUT2D eigenvalue weighted by Crippen LogP contribution is -2.50. The molecule has 0 spiro atoms. The molecule has 1 N–H and O–H groups in total. The highest BCUT2D eigenvalue weighted by Gasteiger charge is 2.35. The summed E-state index contributed by atoms with van der Waals surface area (Å²) in [6.45, 7) is 5.31. The molecule has 2 unspecified atom stereocenters. The number of sulfone groups is 1. The Labute approximate surface area is 243 Å². The molecule has 2 atom stereocenters. The number of nitriles is 1. The van der Waals surface area contributed by atoms with Crippen molar-refractivity contribution in [2.45, 2.75) is 50.0 Å². The van der Waals surface area contributed by atoms with Gasteiger partial charge in [-0.05, 0) is 51.1 Å². The van der Waals surface area contributed by atoms with Gasteiger partial charge < -0.3 is 24.4 Å². The van der Waals surface area contributed by atoms with Crippen molar-refractivity contribution in [2.75, 3.05) is 31.8 Å². The average Bonchev–Trinajstić information content (AvgIpc) is 2.92. The van der Waals surface area contributed by atoms with Crippen LogP contribution >= 0.6 is 0 Å². The molecule has 2 aromatic carbocycles. The van der Waals surface area contributed by atoms with Crippen molar-refractivity contribution in [3.8, 4) is 29.0 Å². The van der Waals surface area contributed by atoms with Crippen LogP contribution in [0, 0.1) is 11.3 Å². The van der Waals surface area contributed by atoms with Crippen LogP contribution in [0.2, 0.25) is 0 Å². The summed E-state index contributed by atoms with van der Waals surface area (Å²) in [5.74, 6) is 0.788. The maximum Gasteiger partial charge on any atom is 0.410 e. The third-order valence-electron chi connectivity index (χ3n) is 6.16. The normalized spacial score (nSPS) is 17.2. The molecule has 3 aromatic rings. The first-order valence-electron chi connectivity index (χ1n) is 12.9. The molecule has 4 rings (SSSR count). The molecule has 14 heteroatoms. The minimum Gasteiger partial charge on any atom is -0.495 e. The number of amides is 1. The highest BCUT2D eigenvalue weighted by atomic mass is 32.2. The Hall–Kier alpha value is -4.51. The molecular formula is C28H31FN6O6S. The van der Waals surface area contributed by atoms with Crippen LogP contribution in [-0.2, 0) is 14.6 Å². The standard InChI is InChI=1S/C28H31FN6O6S/c1-28(2,3)41-27(36)35-11-10-22(20(29)15-35)40-21-8-6-17(12-18(21)14-30)25-31-16-32-26(34-25)33-19-7-9-24(42(5,37)38)23(13-19)39-4/h6-9,12-13,16,20,22H,10-11,15H2,1-5H3,(H,31,32,33,34). The molecule has 1 amide bonds. The molecule has 1 fully saturated rings. The number of likely N-dealkylation sites (tertiary alicyclic amines) is 1. The summed E-state index contributed by atoms with van der Waals surface area (Å²) >= 11 is 0. The number of methoxy groups -OCH3 is 1. The van der Waals surface area contributed by atoms with E-state index in [4.69, 9.17) is 14.2 Å². The van der Waals surface area contributed by atoms with E-state index in [1.54, 1.807) is 39.0 Å². The maximum atomic E-state index is 15.0. The second-order valence-electron chi connectivity index (χ2n) is 10.6. The van der Waals surface area contributed by atoms with Crippen molar-refractivity contribution < 1.29 is 31.8 Å². The lowest BCUT2D eigenvalue weighted by atomic mass is 10.1. The quantitative estimate of drug-likeness (QED) is 0.414. The monoisotopic (exact) mass is 598 g/mol. The van der Waals surface area contributed by atoms with Crippen molar-refractivity contribution in [3.05, 3.63) is 48.3 Å². The van der Waals surface area contributed by atoms with E-state index in [0.717, 1.165) is 6.26 Å². The second-order valence-corrected chi connectivity index (χ2v) is 12.6. The number of carbonyl (C=O) groups is 1. The Morgan fingerprint density at radius 1 is 1.17 bits per heavy atom. The predicted molar refractivity (Wildman–Crippen MR) is 151 cm³/mol. The summed E-state index contributed by atoms with van der Waals surface area (Å²) in [6.07, 6.45) is -0.295. The van der Waals surface area contributed by atoms with Gasteiger partial charge in [0.05, 0.1) is 19.2 Å². The zero-order chi connectivity index (χ0) is 30.7. The van der Waals surface area contributed by atoms with E-state index in [9.17, 15) is 22.9 Å². The minimum absolute atomic E-state index is 0.0471. The Morgan fingerprint density at radius 2 is 1.93 bits per heavy atom. The van der Waals surface area contributed by atoms with Crippen LogP contribution in [0.25, 0.3) is 11.4 Å². The Bertz CT molecular complexity index is 1620. The van der Waals surface area contributed by atoms with Gasteiger partial charge in [-0.2, -0.15) is 10.2 Å². The van der Waals surface area contributed by atoms with Gasteiger partial charge in [0.1, 0.15) is 40.5 Å². The Kier molecular flexibility index (Phi) is 8.81. The number of nitrogens with zero attached hydrogens (tertiary/aromatic N) is 5. The summed E-state index contributed by atoms with van der Waals surface area (Å²) in [5.41, 5.74) is 0.446. The van der Waals surface area contributed by atoms with Crippen LogP contribution in [0.5, 0.6) is 11.5 Å². The average molecular weight is 599 g/mol. The van der Waals surface area contributed by atoms with Crippen molar-refractivity contribution in [3.63, 3.8) is 0 Å². The first kappa shape index (κ1) is 30.4. The van der Waals surface area contributed by atoms with Crippen molar-refractivity contribution in [1.29, 1.82) is 5.26 Å². The van der Waals surface area contributed by atoms with E-state index in [1.807, 2.05) is 0 Å². The summed E-state index contributed by atoms with van der Waals surface area (Å²) in [4.78, 5) is 26.4. The predicted octanol–water partition coefficient (Wildman–Crippen LogP) is 4.29. The van der Waals surface area contributed by atoms with E-state index in [2.05, 4.69) is 26.3 Å². The van der Waals surface area contributed by atoms with Crippen LogP contribution in [0.15, 0.2) is 47.6 Å². The van der Waals surface area contributed by atoms with Gasteiger partial charge in [-0.25, -0.2) is 27.6 Å². The smallest absolute Gasteiger partial charge is 0.410 e. The Morgan fingerprint density at radius 3 is 2.57 bits per heavy atom. The second kappa shape index (κ2) is 12.2. The van der Waals surface area contributed by atoms with Crippen LogP contribution in [-0.4, -0.2) is 78.7 Å². The first-order chi connectivity index (χ1) is 19.8. The van der Waals surface area contributed by atoms with Gasteiger partial charge >= 0.3 is 6.09 Å². The van der Waals surface area contributed by atoms with Crippen LogP contribution in [0.1, 0.15) is 32.8 Å². The van der Waals surface area contributed by atoms with Crippen molar-refractivity contribution in [2.24, 2.45) is 0 Å². The Balaban J connectivity index is 1.47. The molecule has 1 aliphatic heterocycles. The molecule has 2 heterocycles. The summed E-state index contributed by atoms with van der Waals surface area (Å²) in [5, 5.41) is 12.8. The summed E-state index contributed by atoms with van der Waals surface area (Å²) in [6, 6.07) is 11.3. The van der Waals surface area contributed by atoms with Crippen LogP contribution in [0.4, 0.5) is 20.8 Å². The van der Waals surface area contributed by atoms with E-state index in [0.29, 0.717) is 11.3 Å². The fourth-order valence-corrected chi connectivity index (χ4v) is 5.03. The SMILES string of the molecule is COc1cc(Nc2ncnc(-c3ccc(OC4CCN(C(=O)OC(C)(C)C)CC4F)c(C#N)c3)n2)ccc1S(C)(=O)=O. The number of hydrogen-bond acceptors (Lipinski definition) is 11. The lowest BCUT2D eigenvalue weighted by Gasteiger charge is -2.35. The van der Waals surface area contributed by atoms with Gasteiger partial charge in [0.2, 0.25) is 5.95 Å². The number of rotatable bonds is 7. The van der Waals surface area contributed by atoms with Gasteiger partial charge in [0.15, 0.2) is 21.8 Å². The number of alkyl halides is 1. The number of piperidine rings is 1. The number of aromatic nitrogens is 3. The lowest BCUT2D eigenvalue weighted by molar-refractivity contribution is -0.0106. The molecule has 1 saturated heterocycles. The largest absolute Gasteiger partial charge is 0.495 e. The number of hydrogen-bond donors (Lipinski definition) is 1. The number of anilines is 2. The number of ether oxygens (including phenoxy) is 3. The molecule has 222 valence electrons. The zero-order valence-corrected chi connectivity index (χ0v) is 24.6. The van der Waals surface area contributed by atoms with E-state index in [1.165, 1.54) is 36.5 Å². The molecule has 0 saturated carbocycles. The van der Waals surface area contributed by atoms with Crippen molar-refractivity contribution >= 4 is 27.6 Å². The van der Waals surface area contributed by atoms with Crippen LogP contribution in [0.3, 0.4) is 0 Å². The minimum atomic E-state index is -3.49. The van der Waals surface area contributed by atoms with Gasteiger partial charge in [-0.15, -0.1) is 0 Å². The zero-order valence-electron chi connectivity index (χ0n) is 23.8. The fourth-order valence-electron chi connectivity index (χ4n) is 4.21. The topological polar surface area (TPSA) is 157 Å². The summed E-state index contributed by atoms with van der Waals surface area (Å²) < 4.78 is 55.3. The highest BCUT2D eigenvalue weighted by molar-refractivity contribution is 7.90. The van der Waals surface area contributed by atoms with Crippen LogP contribution < -0.4 is 14.8 Å². The fraction of sp³-hybridized carbons (Fsp3) is 0.393. The third-order valence-corrected chi connectivity index (χ3v) is 7.30. The van der Waals surface area contributed by atoms with Gasteiger partial charge in [-0.1, -0.05) is 0 Å².